The van der Waals surface area contributed by atoms with E-state index in [0.717, 1.165) is 30.9 Å². The Morgan fingerprint density at radius 2 is 1.68 bits per heavy atom. The lowest BCUT2D eigenvalue weighted by atomic mass is 9.98. The molecule has 2 aliphatic heterocycles. The van der Waals surface area contributed by atoms with Crippen molar-refractivity contribution in [2.75, 3.05) is 23.7 Å². The average Bonchev–Trinajstić information content (AvgIpc) is 3.35. The number of amides is 2. The van der Waals surface area contributed by atoms with Gasteiger partial charge in [0, 0.05) is 34.1 Å². The molecule has 4 aromatic rings. The first kappa shape index (κ1) is 29.6. The second-order valence-electron chi connectivity index (χ2n) is 11.4. The molecular formula is C36H34ClFN4O2. The quantitative estimate of drug-likeness (QED) is 0.178. The van der Waals surface area contributed by atoms with Crippen LogP contribution in [0.1, 0.15) is 64.8 Å². The fourth-order valence-corrected chi connectivity index (χ4v) is 6.06. The van der Waals surface area contributed by atoms with Crippen LogP contribution in [0.2, 0.25) is 5.02 Å². The van der Waals surface area contributed by atoms with E-state index in [0.29, 0.717) is 38.7 Å². The topological polar surface area (TPSA) is 73.5 Å². The molecule has 2 aliphatic rings. The minimum atomic E-state index is -0.370. The maximum absolute atomic E-state index is 14.0. The monoisotopic (exact) mass is 608 g/mol. The van der Waals surface area contributed by atoms with Gasteiger partial charge in [0.2, 0.25) is 0 Å². The number of piperidine rings is 1. The Morgan fingerprint density at radius 3 is 2.45 bits per heavy atom. The van der Waals surface area contributed by atoms with Crippen LogP contribution in [-0.4, -0.2) is 29.8 Å². The zero-order valence-corrected chi connectivity index (χ0v) is 25.3. The van der Waals surface area contributed by atoms with Gasteiger partial charge in [-0.1, -0.05) is 42.3 Å². The number of likely N-dealkylation sites (tertiary alicyclic amines) is 1. The summed E-state index contributed by atoms with van der Waals surface area (Å²) >= 11 is 6.15. The van der Waals surface area contributed by atoms with Crippen LogP contribution in [0.25, 0.3) is 11.3 Å². The van der Waals surface area contributed by atoms with E-state index in [4.69, 9.17) is 11.6 Å². The van der Waals surface area contributed by atoms with Crippen molar-refractivity contribution in [3.05, 3.63) is 130 Å². The number of nitrogens with one attached hydrogen (secondary N) is 3. The van der Waals surface area contributed by atoms with Crippen LogP contribution in [-0.2, 0) is 11.3 Å². The van der Waals surface area contributed by atoms with Gasteiger partial charge in [-0.3, -0.25) is 14.5 Å². The standard InChI is InChI=1S/C36H34ClFN4O2/c1-23(26-8-6-9-28(37)20-26)39-35(43)27-13-16-32-31(21-27)33(36(44)41-32)34(25-11-14-29(38)15-12-25)40-30-10-5-7-24(19-30)22-42-17-3-2-4-18-42/h5-16,19-21,23,40H,2-4,17-18,22H2,1H3,(H,39,43)(H,41,44)/b34-33-/t23-/m1/s1. The summed E-state index contributed by atoms with van der Waals surface area (Å²) in [6.07, 6.45) is 3.71. The Morgan fingerprint density at radius 1 is 0.932 bits per heavy atom. The van der Waals surface area contributed by atoms with Crippen LogP contribution in [0.4, 0.5) is 15.8 Å². The second kappa shape index (κ2) is 13.0. The molecule has 6 rings (SSSR count). The van der Waals surface area contributed by atoms with Crippen molar-refractivity contribution in [2.45, 2.75) is 38.8 Å². The Balaban J connectivity index is 1.34. The van der Waals surface area contributed by atoms with Gasteiger partial charge in [-0.25, -0.2) is 4.39 Å². The molecule has 2 heterocycles. The van der Waals surface area contributed by atoms with Crippen molar-refractivity contribution >= 4 is 46.1 Å². The zero-order valence-electron chi connectivity index (χ0n) is 24.5. The van der Waals surface area contributed by atoms with Gasteiger partial charge in [0.25, 0.3) is 11.8 Å². The van der Waals surface area contributed by atoms with Gasteiger partial charge in [-0.05, 0) is 116 Å². The number of halogens is 2. The molecule has 1 atom stereocenters. The summed E-state index contributed by atoms with van der Waals surface area (Å²) in [6, 6.07) is 26.4. The predicted octanol–water partition coefficient (Wildman–Crippen LogP) is 7.89. The van der Waals surface area contributed by atoms with E-state index in [9.17, 15) is 14.0 Å². The highest BCUT2D eigenvalue weighted by atomic mass is 35.5. The molecule has 4 aromatic carbocycles. The molecule has 6 nitrogen and oxygen atoms in total. The summed E-state index contributed by atoms with van der Waals surface area (Å²) in [6.45, 7) is 4.93. The van der Waals surface area contributed by atoms with Crippen LogP contribution in [0.15, 0.2) is 91.0 Å². The highest BCUT2D eigenvalue weighted by Gasteiger charge is 2.30. The minimum absolute atomic E-state index is 0.277. The molecule has 0 radical (unpaired) electrons. The first-order valence-electron chi connectivity index (χ1n) is 14.9. The van der Waals surface area contributed by atoms with Gasteiger partial charge < -0.3 is 16.0 Å². The van der Waals surface area contributed by atoms with Crippen LogP contribution in [0.3, 0.4) is 0 Å². The summed E-state index contributed by atoms with van der Waals surface area (Å²) in [4.78, 5) is 29.3. The Kier molecular flexibility index (Phi) is 8.77. The first-order chi connectivity index (χ1) is 21.3. The summed E-state index contributed by atoms with van der Waals surface area (Å²) in [5.74, 6) is -0.951. The molecule has 0 bridgehead atoms. The van der Waals surface area contributed by atoms with Crippen LogP contribution >= 0.6 is 11.6 Å². The van der Waals surface area contributed by atoms with Gasteiger partial charge in [0.15, 0.2) is 0 Å². The van der Waals surface area contributed by atoms with E-state index in [1.165, 1.54) is 37.0 Å². The van der Waals surface area contributed by atoms with E-state index in [2.05, 4.69) is 33.0 Å². The third-order valence-corrected chi connectivity index (χ3v) is 8.39. The van der Waals surface area contributed by atoms with Crippen molar-refractivity contribution in [1.82, 2.24) is 10.2 Å². The van der Waals surface area contributed by atoms with Crippen molar-refractivity contribution in [1.29, 1.82) is 0 Å². The average molecular weight is 609 g/mol. The number of fused-ring (bicyclic) bond motifs is 1. The molecule has 44 heavy (non-hydrogen) atoms. The second-order valence-corrected chi connectivity index (χ2v) is 11.8. The first-order valence-corrected chi connectivity index (χ1v) is 15.3. The van der Waals surface area contributed by atoms with Crippen molar-refractivity contribution < 1.29 is 14.0 Å². The lowest BCUT2D eigenvalue weighted by molar-refractivity contribution is -0.110. The highest BCUT2D eigenvalue weighted by Crippen LogP contribution is 2.38. The molecule has 0 saturated carbocycles. The molecule has 1 saturated heterocycles. The normalized spacial score (nSPS) is 16.6. The molecular weight excluding hydrogens is 575 g/mol. The maximum atomic E-state index is 14.0. The molecule has 3 N–H and O–H groups in total. The lowest BCUT2D eigenvalue weighted by Gasteiger charge is -2.26. The number of hydrogen-bond donors (Lipinski definition) is 3. The lowest BCUT2D eigenvalue weighted by Crippen LogP contribution is -2.29. The third-order valence-electron chi connectivity index (χ3n) is 8.16. The van der Waals surface area contributed by atoms with E-state index in [1.54, 1.807) is 36.4 Å². The zero-order chi connectivity index (χ0) is 30.6. The molecule has 0 aliphatic carbocycles. The largest absolute Gasteiger partial charge is 0.354 e. The number of carbonyl (C=O) groups excluding carboxylic acids is 2. The summed E-state index contributed by atoms with van der Waals surface area (Å²) in [5.41, 5.74) is 6.03. The van der Waals surface area contributed by atoms with E-state index in [1.807, 2.05) is 37.3 Å². The van der Waals surface area contributed by atoms with Gasteiger partial charge in [-0.2, -0.15) is 0 Å². The number of nitrogens with zero attached hydrogens (tertiary/aromatic N) is 1. The van der Waals surface area contributed by atoms with Crippen molar-refractivity contribution in [3.8, 4) is 0 Å². The number of hydrogen-bond acceptors (Lipinski definition) is 4. The Bertz CT molecular complexity index is 1730. The predicted molar refractivity (Wildman–Crippen MR) is 175 cm³/mol. The van der Waals surface area contributed by atoms with Crippen molar-refractivity contribution in [2.24, 2.45) is 0 Å². The number of rotatable bonds is 8. The van der Waals surface area contributed by atoms with E-state index in [-0.39, 0.29) is 23.7 Å². The smallest absolute Gasteiger partial charge is 0.258 e. The molecule has 1 fully saturated rings. The number of benzene rings is 4. The molecule has 0 aromatic heterocycles. The fourth-order valence-electron chi connectivity index (χ4n) is 5.86. The van der Waals surface area contributed by atoms with Gasteiger partial charge >= 0.3 is 0 Å². The highest BCUT2D eigenvalue weighted by molar-refractivity contribution is 6.37. The van der Waals surface area contributed by atoms with Crippen LogP contribution < -0.4 is 16.0 Å². The summed E-state index contributed by atoms with van der Waals surface area (Å²) in [5, 5.41) is 10.0. The molecule has 2 amide bonds. The molecule has 0 unspecified atom stereocenters. The number of carbonyl (C=O) groups is 2. The minimum Gasteiger partial charge on any atom is -0.354 e. The van der Waals surface area contributed by atoms with Crippen molar-refractivity contribution in [3.63, 3.8) is 0 Å². The fraction of sp³-hybridized carbons (Fsp3) is 0.222. The van der Waals surface area contributed by atoms with Gasteiger partial charge in [-0.15, -0.1) is 0 Å². The molecule has 8 heteroatoms. The third kappa shape index (κ3) is 6.69. The summed E-state index contributed by atoms with van der Waals surface area (Å²) < 4.78 is 14.0. The van der Waals surface area contributed by atoms with Gasteiger partial charge in [0.05, 0.1) is 17.3 Å². The SMILES string of the molecule is C[C@@H](NC(=O)c1ccc2c(c1)/C(=C(/Nc1cccc(CN3CCCCC3)c1)c1ccc(F)cc1)C(=O)N2)c1cccc(Cl)c1. The Hall–Kier alpha value is -4.46. The van der Waals surface area contributed by atoms with Crippen LogP contribution in [0, 0.1) is 5.82 Å². The van der Waals surface area contributed by atoms with E-state index >= 15 is 0 Å². The molecule has 0 spiro atoms. The van der Waals surface area contributed by atoms with E-state index < -0.39 is 0 Å². The maximum Gasteiger partial charge on any atom is 0.258 e. The Labute approximate surface area is 261 Å². The summed E-state index contributed by atoms with van der Waals surface area (Å²) in [7, 11) is 0. The van der Waals surface area contributed by atoms with Gasteiger partial charge in [0.1, 0.15) is 5.82 Å². The van der Waals surface area contributed by atoms with Crippen LogP contribution in [0.5, 0.6) is 0 Å². The molecule has 224 valence electrons. The number of anilines is 2.